The maximum atomic E-state index is 12.0. The molecule has 2 aliphatic heterocycles. The third-order valence-corrected chi connectivity index (χ3v) is 3.89. The van der Waals surface area contributed by atoms with E-state index in [-0.39, 0.29) is 11.5 Å². The first-order valence-corrected chi connectivity index (χ1v) is 6.65. The fourth-order valence-corrected chi connectivity index (χ4v) is 2.73. The normalized spacial score (nSPS) is 22.6. The van der Waals surface area contributed by atoms with Crippen LogP contribution >= 0.6 is 0 Å². The zero-order chi connectivity index (χ0) is 12.4. The Morgan fingerprint density at radius 2 is 2.35 bits per heavy atom. The van der Waals surface area contributed by atoms with E-state index in [2.05, 4.69) is 4.99 Å². The van der Waals surface area contributed by atoms with Crippen molar-refractivity contribution in [1.29, 1.82) is 0 Å². The Labute approximate surface area is 102 Å². The number of hydrogen-bond donors (Lipinski definition) is 0. The van der Waals surface area contributed by atoms with E-state index in [1.807, 2.05) is 6.92 Å². The number of carbonyl (C=O) groups is 1. The highest BCUT2D eigenvalue weighted by atomic mass is 32.2. The van der Waals surface area contributed by atoms with Crippen molar-refractivity contribution >= 4 is 21.9 Å². The minimum absolute atomic E-state index is 0.177. The molecular formula is C11H14N2O3S. The molecule has 0 amide bonds. The van der Waals surface area contributed by atoms with Crippen LogP contribution in [0.15, 0.2) is 27.9 Å². The Bertz CT molecular complexity index is 465. The van der Waals surface area contributed by atoms with Crippen LogP contribution in [0.1, 0.15) is 20.3 Å². The van der Waals surface area contributed by atoms with E-state index >= 15 is 0 Å². The van der Waals surface area contributed by atoms with Gasteiger partial charge in [0, 0.05) is 18.9 Å². The number of rotatable bonds is 3. The fraction of sp³-hybridized carbons (Fsp3) is 0.455. The predicted octanol–water partition coefficient (Wildman–Crippen LogP) is 1.12. The minimum Gasteiger partial charge on any atom is -0.462 e. The van der Waals surface area contributed by atoms with E-state index in [4.69, 9.17) is 4.74 Å². The Morgan fingerprint density at radius 1 is 1.59 bits per heavy atom. The second-order valence-corrected chi connectivity index (χ2v) is 5.01. The highest BCUT2D eigenvalue weighted by Gasteiger charge is 2.34. The maximum Gasteiger partial charge on any atom is 0.349 e. The molecule has 0 aromatic heterocycles. The van der Waals surface area contributed by atoms with Crippen molar-refractivity contribution in [3.8, 4) is 0 Å². The number of fused-ring (bicyclic) bond motifs is 1. The second-order valence-electron chi connectivity index (χ2n) is 3.66. The predicted molar refractivity (Wildman–Crippen MR) is 65.4 cm³/mol. The zero-order valence-electron chi connectivity index (χ0n) is 9.80. The van der Waals surface area contributed by atoms with Crippen molar-refractivity contribution in [2.45, 2.75) is 20.3 Å². The summed E-state index contributed by atoms with van der Waals surface area (Å²) in [6.07, 6.45) is 4.20. The van der Waals surface area contributed by atoms with E-state index in [1.54, 1.807) is 24.2 Å². The van der Waals surface area contributed by atoms with Crippen molar-refractivity contribution in [2.75, 3.05) is 13.2 Å². The van der Waals surface area contributed by atoms with Gasteiger partial charge in [0.2, 0.25) is 5.17 Å². The monoisotopic (exact) mass is 254 g/mol. The van der Waals surface area contributed by atoms with Gasteiger partial charge >= 0.3 is 5.97 Å². The van der Waals surface area contributed by atoms with Crippen LogP contribution in [0.25, 0.3) is 0 Å². The van der Waals surface area contributed by atoms with Gasteiger partial charge in [-0.3, -0.25) is 0 Å². The molecule has 5 nitrogen and oxygen atoms in total. The van der Waals surface area contributed by atoms with Gasteiger partial charge in [0.15, 0.2) is 0 Å². The van der Waals surface area contributed by atoms with Crippen molar-refractivity contribution < 1.29 is 13.7 Å². The van der Waals surface area contributed by atoms with E-state index in [0.29, 0.717) is 11.7 Å². The first-order valence-electron chi connectivity index (χ1n) is 5.50. The van der Waals surface area contributed by atoms with Crippen LogP contribution in [0.2, 0.25) is 0 Å². The van der Waals surface area contributed by atoms with Gasteiger partial charge in [-0.15, -0.1) is 0 Å². The van der Waals surface area contributed by atoms with Crippen LogP contribution < -0.4 is 0 Å². The zero-order valence-corrected chi connectivity index (χ0v) is 10.6. The Balaban J connectivity index is 2.22. The molecule has 0 N–H and O–H groups in total. The van der Waals surface area contributed by atoms with Crippen LogP contribution in [0.5, 0.6) is 0 Å². The third-order valence-electron chi connectivity index (χ3n) is 2.55. The lowest BCUT2D eigenvalue weighted by Crippen LogP contribution is -2.28. The molecule has 1 atom stereocenters. The number of amidine groups is 1. The summed E-state index contributed by atoms with van der Waals surface area (Å²) in [4.78, 5) is 17.6. The summed E-state index contributed by atoms with van der Waals surface area (Å²) in [5.74, 6) is -0.527. The van der Waals surface area contributed by atoms with E-state index in [9.17, 15) is 9.00 Å². The smallest absolute Gasteiger partial charge is 0.349 e. The van der Waals surface area contributed by atoms with E-state index < -0.39 is 16.8 Å². The van der Waals surface area contributed by atoms with Gasteiger partial charge < -0.3 is 9.64 Å². The largest absolute Gasteiger partial charge is 0.462 e. The van der Waals surface area contributed by atoms with Gasteiger partial charge in [-0.05, 0) is 18.9 Å². The van der Waals surface area contributed by atoms with Crippen LogP contribution in [-0.4, -0.2) is 33.4 Å². The molecule has 0 saturated carbocycles. The first kappa shape index (κ1) is 12.0. The molecule has 0 aromatic carbocycles. The molecule has 1 unspecified atom stereocenters. The van der Waals surface area contributed by atoms with Gasteiger partial charge in [-0.25, -0.2) is 14.0 Å². The molecule has 2 heterocycles. The highest BCUT2D eigenvalue weighted by molar-refractivity contribution is 8.05. The molecule has 2 rings (SSSR count). The first-order chi connectivity index (χ1) is 8.17. The molecule has 0 bridgehead atoms. The number of carbonyl (C=O) groups excluding carboxylic acids is 1. The number of nitrogens with zero attached hydrogens (tertiary/aromatic N) is 2. The standard InChI is InChI=1S/C11H14N2O3S/c1-3-8-5-12-11-13(6-8)7-9(17(11)15)10(14)16-4-2/h5,7H,3-4,6H2,1-2H3. The summed E-state index contributed by atoms with van der Waals surface area (Å²) in [7, 11) is -1.51. The molecule has 0 aliphatic carbocycles. The summed E-state index contributed by atoms with van der Waals surface area (Å²) < 4.78 is 16.8. The summed E-state index contributed by atoms with van der Waals surface area (Å²) in [6.45, 7) is 4.68. The number of aliphatic imine (C=N–C) groups is 1. The summed E-state index contributed by atoms with van der Waals surface area (Å²) in [5.41, 5.74) is 1.15. The van der Waals surface area contributed by atoms with Crippen molar-refractivity contribution in [2.24, 2.45) is 4.99 Å². The molecular weight excluding hydrogens is 240 g/mol. The molecule has 17 heavy (non-hydrogen) atoms. The lowest BCUT2D eigenvalue weighted by molar-refractivity contribution is -0.137. The van der Waals surface area contributed by atoms with Gasteiger partial charge in [0.25, 0.3) is 0 Å². The van der Waals surface area contributed by atoms with Gasteiger partial charge in [0.05, 0.1) is 6.61 Å². The van der Waals surface area contributed by atoms with Gasteiger partial charge in [-0.1, -0.05) is 6.92 Å². The minimum atomic E-state index is -1.51. The summed E-state index contributed by atoms with van der Waals surface area (Å²) in [5, 5.41) is 0.422. The summed E-state index contributed by atoms with van der Waals surface area (Å²) >= 11 is 0. The molecule has 6 heteroatoms. The molecule has 2 aliphatic rings. The molecule has 0 aromatic rings. The highest BCUT2D eigenvalue weighted by Crippen LogP contribution is 2.24. The topological polar surface area (TPSA) is 59.0 Å². The second kappa shape index (κ2) is 4.83. The SMILES string of the molecule is CCOC(=O)C1=CN2CC(CC)=CN=C2S1=O. The molecule has 0 fully saturated rings. The quantitative estimate of drug-likeness (QED) is 0.708. The summed E-state index contributed by atoms with van der Waals surface area (Å²) in [6, 6.07) is 0. The Hall–Kier alpha value is -1.43. The van der Waals surface area contributed by atoms with Gasteiger partial charge in [-0.2, -0.15) is 0 Å². The molecule has 92 valence electrons. The molecule has 0 spiro atoms. The van der Waals surface area contributed by atoms with Crippen LogP contribution in [-0.2, 0) is 20.3 Å². The van der Waals surface area contributed by atoms with Crippen LogP contribution in [0.3, 0.4) is 0 Å². The van der Waals surface area contributed by atoms with Crippen molar-refractivity contribution in [1.82, 2.24) is 4.90 Å². The van der Waals surface area contributed by atoms with Gasteiger partial charge in [0.1, 0.15) is 15.7 Å². The number of ether oxygens (including phenoxy) is 1. The molecule has 0 radical (unpaired) electrons. The van der Waals surface area contributed by atoms with Crippen LogP contribution in [0.4, 0.5) is 0 Å². The number of hydrogen-bond acceptors (Lipinski definition) is 5. The van der Waals surface area contributed by atoms with E-state index in [1.165, 1.54) is 0 Å². The Kier molecular flexibility index (Phi) is 3.42. The average Bonchev–Trinajstić information content (AvgIpc) is 2.66. The Morgan fingerprint density at radius 3 is 3.00 bits per heavy atom. The van der Waals surface area contributed by atoms with Crippen LogP contribution in [0, 0.1) is 0 Å². The third kappa shape index (κ3) is 2.17. The maximum absolute atomic E-state index is 12.0. The van der Waals surface area contributed by atoms with E-state index in [0.717, 1.165) is 12.0 Å². The lowest BCUT2D eigenvalue weighted by Gasteiger charge is -2.20. The molecule has 0 saturated heterocycles. The average molecular weight is 254 g/mol. The lowest BCUT2D eigenvalue weighted by atomic mass is 10.2. The van der Waals surface area contributed by atoms with Crippen molar-refractivity contribution in [3.63, 3.8) is 0 Å². The fourth-order valence-electron chi connectivity index (χ4n) is 1.62. The number of esters is 1. The van der Waals surface area contributed by atoms with Crippen molar-refractivity contribution in [3.05, 3.63) is 22.9 Å².